The molecule has 0 aromatic carbocycles. The Morgan fingerprint density at radius 2 is 1.60 bits per heavy atom. The Hall–Kier alpha value is -3.11. The fourth-order valence-corrected chi connectivity index (χ4v) is 13.5. The number of Topliss-reactive ketones (excluding diaryl/α,β-unsaturated/α-hetero) is 1. The van der Waals surface area contributed by atoms with Gasteiger partial charge >= 0.3 is 24.1 Å². The fraction of sp³-hybridized carbons (Fsp3) is 0.848. The highest BCUT2D eigenvalue weighted by Gasteiger charge is 2.69. The smallest absolute Gasteiger partial charge is 0.410 e. The van der Waals surface area contributed by atoms with E-state index in [0.717, 1.165) is 57.8 Å². The van der Waals surface area contributed by atoms with Crippen molar-refractivity contribution in [2.45, 2.75) is 183 Å². The number of likely N-dealkylation sites (tertiary alicyclic amines) is 1. The van der Waals surface area contributed by atoms with Crippen LogP contribution in [0.2, 0.25) is 0 Å². The van der Waals surface area contributed by atoms with Gasteiger partial charge in [0.05, 0.1) is 23.4 Å². The number of rotatable bonds is 8. The van der Waals surface area contributed by atoms with Gasteiger partial charge in [-0.3, -0.25) is 14.4 Å². The first kappa shape index (κ1) is 43.5. The predicted molar refractivity (Wildman–Crippen MR) is 218 cm³/mol. The minimum absolute atomic E-state index is 0.0159. The lowest BCUT2D eigenvalue weighted by molar-refractivity contribution is -0.214. The van der Waals surface area contributed by atoms with E-state index in [1.807, 2.05) is 20.8 Å². The van der Waals surface area contributed by atoms with E-state index in [-0.39, 0.29) is 70.0 Å². The Labute approximate surface area is 341 Å². The number of nitrogens with zero attached hydrogens (tertiary/aromatic N) is 1. The largest absolute Gasteiger partial charge is 0.481 e. The number of carbonyl (C=O) groups is 5. The van der Waals surface area contributed by atoms with Crippen molar-refractivity contribution in [1.29, 1.82) is 0 Å². The molecule has 6 aliphatic rings. The molecule has 0 bridgehead atoms. The van der Waals surface area contributed by atoms with Gasteiger partial charge in [0.2, 0.25) is 0 Å². The van der Waals surface area contributed by atoms with Gasteiger partial charge in [0.1, 0.15) is 17.5 Å². The SMILES string of the molecule is CC(C)C1C(=O)C[C@]2(NC(=O)NC[C@@H]3CCCN3C(=O)OC(C)(C)C)CC[C@]3(C)C(=C12)CC[C@@H]1[C@@]2(C)CC[C@H](OC(=O)CC(C)(C)C(=O)O)C(C)(C)[C@@H]2CC[C@]13C. The van der Waals surface area contributed by atoms with Gasteiger partial charge in [0.25, 0.3) is 0 Å². The zero-order chi connectivity index (χ0) is 42.3. The number of hydrogen-bond donors (Lipinski definition) is 3. The monoisotopic (exact) mass is 796 g/mol. The molecule has 5 fully saturated rings. The molecule has 4 saturated carbocycles. The van der Waals surface area contributed by atoms with Gasteiger partial charge in [0.15, 0.2) is 0 Å². The van der Waals surface area contributed by atoms with Crippen LogP contribution in [0.3, 0.4) is 0 Å². The number of fused-ring (bicyclic) bond motifs is 6. The van der Waals surface area contributed by atoms with E-state index in [2.05, 4.69) is 59.1 Å². The van der Waals surface area contributed by atoms with Gasteiger partial charge in [-0.05, 0) is 138 Å². The lowest BCUT2D eigenvalue weighted by Gasteiger charge is -2.70. The summed E-state index contributed by atoms with van der Waals surface area (Å²) in [7, 11) is 0. The molecule has 1 unspecified atom stereocenters. The number of allylic oxidation sites excluding steroid dienone is 1. The summed E-state index contributed by atoms with van der Waals surface area (Å²) in [5.41, 5.74) is -0.374. The molecule has 1 heterocycles. The molecule has 57 heavy (non-hydrogen) atoms. The van der Waals surface area contributed by atoms with Crippen molar-refractivity contribution in [3.8, 4) is 0 Å². The molecule has 3 N–H and O–H groups in total. The third kappa shape index (κ3) is 7.31. The first-order chi connectivity index (χ1) is 26.2. The molecule has 0 radical (unpaired) electrons. The number of aliphatic carboxylic acids is 1. The number of ketones is 1. The maximum absolute atomic E-state index is 14.1. The van der Waals surface area contributed by atoms with E-state index < -0.39 is 28.5 Å². The number of urea groups is 1. The second-order valence-corrected chi connectivity index (χ2v) is 22.3. The van der Waals surface area contributed by atoms with Crippen LogP contribution >= 0.6 is 0 Å². The molecule has 11 heteroatoms. The van der Waals surface area contributed by atoms with Gasteiger partial charge in [-0.15, -0.1) is 0 Å². The molecule has 0 spiro atoms. The van der Waals surface area contributed by atoms with Gasteiger partial charge in [0, 0.05) is 30.8 Å². The standard InChI is InChI=1S/C46H73N3O8/c1-27(2)35-30(50)24-46(48-38(54)47-26-28-14-13-23-49(28)39(55)57-40(3,4)5)22-21-44(11)29(36(35)46)15-16-32-43(10)19-18-33(56-34(51)25-41(6,7)37(52)53)42(8,9)31(43)17-20-45(32,44)12/h27-28,31-33,35H,13-26H2,1-12H3,(H,52,53)(H2,47,48,54)/t28-,31-,32+,33-,35?,43-,44+,45+,46+/m0/s1. The van der Waals surface area contributed by atoms with Crippen molar-refractivity contribution in [1.82, 2.24) is 15.5 Å². The Morgan fingerprint density at radius 1 is 0.912 bits per heavy atom. The summed E-state index contributed by atoms with van der Waals surface area (Å²) in [5.74, 6) is -0.601. The maximum atomic E-state index is 14.1. The second kappa shape index (κ2) is 14.6. The molecule has 11 nitrogen and oxygen atoms in total. The quantitative estimate of drug-likeness (QED) is 0.163. The maximum Gasteiger partial charge on any atom is 0.410 e. The van der Waals surface area contributed by atoms with E-state index >= 15 is 0 Å². The molecule has 320 valence electrons. The number of nitrogens with one attached hydrogen (secondary N) is 2. The summed E-state index contributed by atoms with van der Waals surface area (Å²) in [4.78, 5) is 67.6. The van der Waals surface area contributed by atoms with Crippen LogP contribution in [0.4, 0.5) is 9.59 Å². The summed E-state index contributed by atoms with van der Waals surface area (Å²) in [6.07, 6.45) is 8.39. The molecule has 5 aliphatic carbocycles. The second-order valence-electron chi connectivity index (χ2n) is 22.3. The van der Waals surface area contributed by atoms with Crippen LogP contribution in [0, 0.1) is 50.7 Å². The molecule has 0 aromatic rings. The molecular formula is C46H73N3O8. The number of hydrogen-bond acceptors (Lipinski definition) is 7. The predicted octanol–water partition coefficient (Wildman–Crippen LogP) is 8.83. The van der Waals surface area contributed by atoms with Crippen LogP contribution in [0.25, 0.3) is 0 Å². The highest BCUT2D eigenvalue weighted by molar-refractivity contribution is 5.92. The Bertz CT molecular complexity index is 1690. The molecular weight excluding hydrogens is 723 g/mol. The third-order valence-electron chi connectivity index (χ3n) is 16.6. The average molecular weight is 796 g/mol. The lowest BCUT2D eigenvalue weighted by Crippen LogP contribution is -2.65. The number of carbonyl (C=O) groups excluding carboxylic acids is 4. The Morgan fingerprint density at radius 3 is 2.23 bits per heavy atom. The van der Waals surface area contributed by atoms with Crippen molar-refractivity contribution >= 4 is 29.8 Å². The van der Waals surface area contributed by atoms with Crippen LogP contribution in [-0.2, 0) is 23.9 Å². The summed E-state index contributed by atoms with van der Waals surface area (Å²) < 4.78 is 11.8. The van der Waals surface area contributed by atoms with Crippen LogP contribution in [0.15, 0.2) is 11.1 Å². The normalized spacial score (nSPS) is 37.5. The molecule has 1 saturated heterocycles. The molecule has 6 rings (SSSR count). The molecule has 9 atom stereocenters. The zero-order valence-electron chi connectivity index (χ0n) is 37.1. The number of carboxylic acid groups (broad SMARTS) is 1. The van der Waals surface area contributed by atoms with E-state index in [0.29, 0.717) is 37.8 Å². The minimum Gasteiger partial charge on any atom is -0.481 e. The Kier molecular flexibility index (Phi) is 11.1. The lowest BCUT2D eigenvalue weighted by atomic mass is 9.34. The molecule has 1 aliphatic heterocycles. The summed E-state index contributed by atoms with van der Waals surface area (Å²) in [6.45, 7) is 25.9. The van der Waals surface area contributed by atoms with Crippen molar-refractivity contribution < 1.29 is 38.6 Å². The third-order valence-corrected chi connectivity index (χ3v) is 16.6. The molecule has 0 aromatic heterocycles. The van der Waals surface area contributed by atoms with Crippen molar-refractivity contribution in [2.75, 3.05) is 13.1 Å². The Balaban J connectivity index is 1.24. The number of amides is 3. The minimum atomic E-state index is -1.18. The van der Waals surface area contributed by atoms with E-state index in [1.54, 1.807) is 18.7 Å². The number of carboxylic acids is 1. The van der Waals surface area contributed by atoms with Gasteiger partial charge in [-0.25, -0.2) is 9.59 Å². The van der Waals surface area contributed by atoms with E-state index in [9.17, 15) is 29.1 Å². The fourth-order valence-electron chi connectivity index (χ4n) is 13.5. The highest BCUT2D eigenvalue weighted by Crippen LogP contribution is 2.75. The van der Waals surface area contributed by atoms with Crippen molar-refractivity contribution in [3.63, 3.8) is 0 Å². The van der Waals surface area contributed by atoms with Crippen molar-refractivity contribution in [2.24, 2.45) is 50.7 Å². The summed E-state index contributed by atoms with van der Waals surface area (Å²) in [6, 6.07) is -0.434. The average Bonchev–Trinajstić information content (AvgIpc) is 3.66. The van der Waals surface area contributed by atoms with Crippen LogP contribution in [0.5, 0.6) is 0 Å². The highest BCUT2D eigenvalue weighted by atomic mass is 16.6. The number of esters is 1. The molecule has 3 amide bonds. The summed E-state index contributed by atoms with van der Waals surface area (Å²) in [5, 5.41) is 16.1. The van der Waals surface area contributed by atoms with Crippen LogP contribution < -0.4 is 10.6 Å². The first-order valence-corrected chi connectivity index (χ1v) is 22.0. The van der Waals surface area contributed by atoms with Crippen LogP contribution in [0.1, 0.15) is 160 Å². The topological polar surface area (TPSA) is 151 Å². The van der Waals surface area contributed by atoms with Gasteiger partial charge in [-0.1, -0.05) is 54.0 Å². The van der Waals surface area contributed by atoms with Gasteiger partial charge in [-0.2, -0.15) is 0 Å². The van der Waals surface area contributed by atoms with Gasteiger partial charge < -0.3 is 30.1 Å². The zero-order valence-corrected chi connectivity index (χ0v) is 37.1. The van der Waals surface area contributed by atoms with Crippen molar-refractivity contribution in [3.05, 3.63) is 11.1 Å². The first-order valence-electron chi connectivity index (χ1n) is 22.0. The summed E-state index contributed by atoms with van der Waals surface area (Å²) >= 11 is 0. The number of ether oxygens (including phenoxy) is 2. The van der Waals surface area contributed by atoms with E-state index in [1.165, 1.54) is 11.1 Å². The van der Waals surface area contributed by atoms with E-state index in [4.69, 9.17) is 9.47 Å². The van der Waals surface area contributed by atoms with Crippen LogP contribution in [-0.4, -0.2) is 76.2 Å².